The first kappa shape index (κ1) is 18.3. The number of amides is 1. The van der Waals surface area contributed by atoms with Crippen molar-refractivity contribution in [1.29, 1.82) is 0 Å². The SMILES string of the molecule is C[C@H](OC(=O)CCc1ccccc1)C(=O)Nc1cc(Cl)ccc1Cl. The van der Waals surface area contributed by atoms with E-state index in [4.69, 9.17) is 27.9 Å². The molecule has 2 rings (SSSR count). The molecular weight excluding hydrogens is 349 g/mol. The maximum atomic E-state index is 12.1. The van der Waals surface area contributed by atoms with Crippen LogP contribution < -0.4 is 5.32 Å². The number of benzene rings is 2. The Hall–Kier alpha value is -2.04. The van der Waals surface area contributed by atoms with Gasteiger partial charge >= 0.3 is 5.97 Å². The molecule has 0 aromatic heterocycles. The van der Waals surface area contributed by atoms with Crippen LogP contribution in [0.3, 0.4) is 0 Å². The van der Waals surface area contributed by atoms with Crippen molar-refractivity contribution in [2.45, 2.75) is 25.9 Å². The number of carbonyl (C=O) groups is 2. The lowest BCUT2D eigenvalue weighted by Crippen LogP contribution is -2.30. The fraction of sp³-hybridized carbons (Fsp3) is 0.222. The van der Waals surface area contributed by atoms with Gasteiger partial charge < -0.3 is 10.1 Å². The number of carbonyl (C=O) groups excluding carboxylic acids is 2. The van der Waals surface area contributed by atoms with E-state index >= 15 is 0 Å². The molecule has 0 radical (unpaired) electrons. The van der Waals surface area contributed by atoms with Gasteiger partial charge in [0.15, 0.2) is 6.10 Å². The zero-order valence-electron chi connectivity index (χ0n) is 13.1. The van der Waals surface area contributed by atoms with Crippen molar-refractivity contribution in [3.05, 3.63) is 64.1 Å². The predicted octanol–water partition coefficient (Wildman–Crippen LogP) is 4.50. The van der Waals surface area contributed by atoms with Crippen LogP contribution in [0, 0.1) is 0 Å². The number of anilines is 1. The first-order valence-electron chi connectivity index (χ1n) is 7.45. The van der Waals surface area contributed by atoms with Gasteiger partial charge in [-0.3, -0.25) is 9.59 Å². The Morgan fingerprint density at radius 1 is 1.12 bits per heavy atom. The maximum Gasteiger partial charge on any atom is 0.306 e. The highest BCUT2D eigenvalue weighted by molar-refractivity contribution is 6.35. The molecule has 24 heavy (non-hydrogen) atoms. The predicted molar refractivity (Wildman–Crippen MR) is 95.4 cm³/mol. The van der Waals surface area contributed by atoms with Crippen LogP contribution in [0.4, 0.5) is 5.69 Å². The first-order chi connectivity index (χ1) is 11.5. The number of hydrogen-bond acceptors (Lipinski definition) is 3. The van der Waals surface area contributed by atoms with Gasteiger partial charge in [-0.15, -0.1) is 0 Å². The summed E-state index contributed by atoms with van der Waals surface area (Å²) in [6.07, 6.45) is -0.156. The quantitative estimate of drug-likeness (QED) is 0.766. The minimum atomic E-state index is -0.927. The van der Waals surface area contributed by atoms with Crippen molar-refractivity contribution >= 4 is 40.8 Å². The van der Waals surface area contributed by atoms with Gasteiger partial charge in [0.25, 0.3) is 5.91 Å². The summed E-state index contributed by atoms with van der Waals surface area (Å²) in [5.41, 5.74) is 1.42. The van der Waals surface area contributed by atoms with Crippen LogP contribution in [0.2, 0.25) is 10.0 Å². The fourth-order valence-electron chi connectivity index (χ4n) is 2.03. The van der Waals surface area contributed by atoms with Crippen LogP contribution in [0.5, 0.6) is 0 Å². The van der Waals surface area contributed by atoms with Crippen molar-refractivity contribution in [2.24, 2.45) is 0 Å². The minimum Gasteiger partial charge on any atom is -0.453 e. The molecule has 0 aliphatic rings. The van der Waals surface area contributed by atoms with Crippen LogP contribution in [0.1, 0.15) is 18.9 Å². The van der Waals surface area contributed by atoms with Crippen molar-refractivity contribution in [1.82, 2.24) is 0 Å². The van der Waals surface area contributed by atoms with Gasteiger partial charge in [-0.25, -0.2) is 0 Å². The molecule has 0 saturated heterocycles. The fourth-order valence-corrected chi connectivity index (χ4v) is 2.37. The molecule has 0 aliphatic heterocycles. The smallest absolute Gasteiger partial charge is 0.306 e. The van der Waals surface area contributed by atoms with Crippen LogP contribution in [-0.4, -0.2) is 18.0 Å². The molecule has 2 aromatic carbocycles. The van der Waals surface area contributed by atoms with E-state index in [0.717, 1.165) is 5.56 Å². The number of esters is 1. The lowest BCUT2D eigenvalue weighted by atomic mass is 10.1. The monoisotopic (exact) mass is 365 g/mol. The summed E-state index contributed by atoms with van der Waals surface area (Å²) in [6, 6.07) is 14.3. The summed E-state index contributed by atoms with van der Waals surface area (Å²) in [5.74, 6) is -0.897. The molecule has 1 atom stereocenters. The highest BCUT2D eigenvalue weighted by Gasteiger charge is 2.18. The van der Waals surface area contributed by atoms with E-state index in [1.807, 2.05) is 30.3 Å². The summed E-state index contributed by atoms with van der Waals surface area (Å²) in [5, 5.41) is 3.40. The molecule has 6 heteroatoms. The Kier molecular flexibility index (Phi) is 6.64. The normalized spacial score (nSPS) is 11.6. The molecule has 0 unspecified atom stereocenters. The second-order valence-corrected chi connectivity index (χ2v) is 6.07. The second kappa shape index (κ2) is 8.71. The van der Waals surface area contributed by atoms with E-state index in [1.165, 1.54) is 13.0 Å². The Labute approximate surface area is 150 Å². The van der Waals surface area contributed by atoms with Crippen LogP contribution in [-0.2, 0) is 20.7 Å². The van der Waals surface area contributed by atoms with Crippen LogP contribution in [0.25, 0.3) is 0 Å². The molecule has 0 bridgehead atoms. The van der Waals surface area contributed by atoms with Gasteiger partial charge in [-0.1, -0.05) is 53.5 Å². The zero-order valence-corrected chi connectivity index (χ0v) is 14.6. The average molecular weight is 366 g/mol. The van der Waals surface area contributed by atoms with Gasteiger partial charge in [-0.05, 0) is 37.1 Å². The topological polar surface area (TPSA) is 55.4 Å². The molecule has 4 nitrogen and oxygen atoms in total. The van der Waals surface area contributed by atoms with E-state index in [0.29, 0.717) is 22.2 Å². The van der Waals surface area contributed by atoms with Crippen LogP contribution in [0.15, 0.2) is 48.5 Å². The third-order valence-corrected chi connectivity index (χ3v) is 3.89. The lowest BCUT2D eigenvalue weighted by molar-refractivity contribution is -0.153. The molecule has 0 aliphatic carbocycles. The molecule has 126 valence electrons. The van der Waals surface area contributed by atoms with Gasteiger partial charge in [0.1, 0.15) is 0 Å². The largest absolute Gasteiger partial charge is 0.453 e. The molecule has 0 saturated carbocycles. The number of nitrogens with one attached hydrogen (secondary N) is 1. The number of aryl methyl sites for hydroxylation is 1. The lowest BCUT2D eigenvalue weighted by Gasteiger charge is -2.14. The highest BCUT2D eigenvalue weighted by atomic mass is 35.5. The summed E-state index contributed by atoms with van der Waals surface area (Å²) in [6.45, 7) is 1.51. The minimum absolute atomic E-state index is 0.208. The van der Waals surface area contributed by atoms with Gasteiger partial charge in [0.05, 0.1) is 10.7 Å². The third-order valence-electron chi connectivity index (χ3n) is 3.32. The molecule has 1 amide bonds. The number of rotatable bonds is 6. The van der Waals surface area contributed by atoms with E-state index in [1.54, 1.807) is 12.1 Å². The molecule has 0 fully saturated rings. The Morgan fingerprint density at radius 2 is 1.83 bits per heavy atom. The van der Waals surface area contributed by atoms with Gasteiger partial charge in [0, 0.05) is 11.4 Å². The van der Waals surface area contributed by atoms with Crippen molar-refractivity contribution in [3.63, 3.8) is 0 Å². The number of ether oxygens (including phenoxy) is 1. The molecule has 2 aromatic rings. The van der Waals surface area contributed by atoms with Crippen molar-refractivity contribution in [2.75, 3.05) is 5.32 Å². The summed E-state index contributed by atoms with van der Waals surface area (Å²) >= 11 is 11.9. The van der Waals surface area contributed by atoms with E-state index in [9.17, 15) is 9.59 Å². The van der Waals surface area contributed by atoms with Crippen LogP contribution >= 0.6 is 23.2 Å². The van der Waals surface area contributed by atoms with Crippen molar-refractivity contribution < 1.29 is 14.3 Å². The summed E-state index contributed by atoms with van der Waals surface area (Å²) in [7, 11) is 0. The summed E-state index contributed by atoms with van der Waals surface area (Å²) < 4.78 is 5.15. The average Bonchev–Trinajstić information content (AvgIpc) is 2.57. The van der Waals surface area contributed by atoms with E-state index in [-0.39, 0.29) is 6.42 Å². The molecule has 0 heterocycles. The number of hydrogen-bond donors (Lipinski definition) is 1. The standard InChI is InChI=1S/C18H17Cl2NO3/c1-12(18(23)21-16-11-14(19)8-9-15(16)20)24-17(22)10-7-13-5-3-2-4-6-13/h2-6,8-9,11-12H,7,10H2,1H3,(H,21,23)/t12-/m0/s1. The Balaban J connectivity index is 1.84. The molecule has 0 spiro atoms. The van der Waals surface area contributed by atoms with Crippen molar-refractivity contribution in [3.8, 4) is 0 Å². The summed E-state index contributed by atoms with van der Waals surface area (Å²) in [4.78, 5) is 24.0. The molecular formula is C18H17Cl2NO3. The number of halogens is 2. The van der Waals surface area contributed by atoms with E-state index < -0.39 is 18.0 Å². The first-order valence-corrected chi connectivity index (χ1v) is 8.20. The second-order valence-electron chi connectivity index (χ2n) is 5.23. The Bertz CT molecular complexity index is 719. The zero-order chi connectivity index (χ0) is 17.5. The Morgan fingerprint density at radius 3 is 2.54 bits per heavy atom. The molecule has 1 N–H and O–H groups in total. The van der Waals surface area contributed by atoms with E-state index in [2.05, 4.69) is 5.32 Å². The highest BCUT2D eigenvalue weighted by Crippen LogP contribution is 2.25. The van der Waals surface area contributed by atoms with Gasteiger partial charge in [-0.2, -0.15) is 0 Å². The maximum absolute atomic E-state index is 12.1. The van der Waals surface area contributed by atoms with Gasteiger partial charge in [0.2, 0.25) is 0 Å². The third kappa shape index (κ3) is 5.55.